The van der Waals surface area contributed by atoms with E-state index < -0.39 is 40.2 Å². The number of nitrogens with zero attached hydrogens (tertiary/aromatic N) is 2. The molecule has 2 amide bonds. The van der Waals surface area contributed by atoms with Crippen LogP contribution in [0.25, 0.3) is 0 Å². The summed E-state index contributed by atoms with van der Waals surface area (Å²) in [7, 11) is -2.80. The van der Waals surface area contributed by atoms with E-state index in [0.717, 1.165) is 4.31 Å². The maximum atomic E-state index is 13.9. The third-order valence-corrected chi connectivity index (χ3v) is 8.23. The van der Waals surface area contributed by atoms with Crippen LogP contribution in [-0.4, -0.2) is 51.4 Å². The number of ether oxygens (including phenoxy) is 1. The molecule has 8 nitrogen and oxygen atoms in total. The smallest absolute Gasteiger partial charge is 0.264 e. The van der Waals surface area contributed by atoms with Crippen molar-refractivity contribution in [2.45, 2.75) is 38.3 Å². The largest absolute Gasteiger partial charge is 0.495 e. The molecule has 11 heteroatoms. The van der Waals surface area contributed by atoms with Crippen molar-refractivity contribution in [3.05, 3.63) is 89.2 Å². The monoisotopic (exact) mass is 589 g/mol. The van der Waals surface area contributed by atoms with Crippen LogP contribution < -0.4 is 14.4 Å². The maximum absolute atomic E-state index is 13.9. The number of hydrogen-bond acceptors (Lipinski definition) is 5. The van der Waals surface area contributed by atoms with E-state index in [-0.39, 0.29) is 28.1 Å². The number of rotatable bonds is 12. The van der Waals surface area contributed by atoms with Gasteiger partial charge in [-0.25, -0.2) is 12.8 Å². The van der Waals surface area contributed by atoms with E-state index in [0.29, 0.717) is 17.9 Å². The second-order valence-electron chi connectivity index (χ2n) is 9.61. The van der Waals surface area contributed by atoms with Gasteiger partial charge in [-0.3, -0.25) is 13.9 Å². The molecule has 1 atom stereocenters. The normalized spacial score (nSPS) is 12.1. The lowest BCUT2D eigenvalue weighted by molar-refractivity contribution is -0.139. The Morgan fingerprint density at radius 1 is 1.00 bits per heavy atom. The van der Waals surface area contributed by atoms with E-state index >= 15 is 0 Å². The zero-order valence-corrected chi connectivity index (χ0v) is 24.4. The molecule has 3 aromatic carbocycles. The standard InChI is InChI=1S/C29H33ClFN3O5S/c1-20(2)17-32-29(36)21(3)33(18-22-10-12-23(31)13-11-22)28(35)19-34(24-14-15-27(39-4)26(30)16-24)40(37,38)25-8-6-5-7-9-25/h5-16,20-21H,17-19H2,1-4H3,(H,32,36)/t21-/m1/s1. The molecule has 0 saturated carbocycles. The van der Waals surface area contributed by atoms with Gasteiger partial charge in [0.2, 0.25) is 11.8 Å². The van der Waals surface area contributed by atoms with Crippen LogP contribution in [-0.2, 0) is 26.2 Å². The van der Waals surface area contributed by atoms with Gasteiger partial charge in [-0.15, -0.1) is 0 Å². The molecule has 3 rings (SSSR count). The summed E-state index contributed by atoms with van der Waals surface area (Å²) in [5.74, 6) is -0.955. The molecule has 0 heterocycles. The fraction of sp³-hybridized carbons (Fsp3) is 0.310. The first-order valence-electron chi connectivity index (χ1n) is 12.7. The fourth-order valence-electron chi connectivity index (χ4n) is 3.88. The highest BCUT2D eigenvalue weighted by atomic mass is 35.5. The van der Waals surface area contributed by atoms with Crippen LogP contribution in [0.2, 0.25) is 5.02 Å². The van der Waals surface area contributed by atoms with Crippen LogP contribution >= 0.6 is 11.6 Å². The van der Waals surface area contributed by atoms with Crippen LogP contribution in [0.4, 0.5) is 10.1 Å². The molecule has 214 valence electrons. The molecule has 0 saturated heterocycles. The lowest BCUT2D eigenvalue weighted by atomic mass is 10.1. The summed E-state index contributed by atoms with van der Waals surface area (Å²) >= 11 is 6.32. The lowest BCUT2D eigenvalue weighted by Crippen LogP contribution is -2.51. The number of carbonyl (C=O) groups excluding carboxylic acids is 2. The third kappa shape index (κ3) is 7.73. The number of anilines is 1. The second-order valence-corrected chi connectivity index (χ2v) is 11.9. The zero-order valence-electron chi connectivity index (χ0n) is 22.8. The molecule has 1 N–H and O–H groups in total. The zero-order chi connectivity index (χ0) is 29.4. The molecular formula is C29H33ClFN3O5S. The summed E-state index contributed by atoms with van der Waals surface area (Å²) in [6, 6.07) is 16.7. The van der Waals surface area contributed by atoms with Gasteiger partial charge in [0, 0.05) is 13.1 Å². The van der Waals surface area contributed by atoms with Crippen molar-refractivity contribution in [3.63, 3.8) is 0 Å². The van der Waals surface area contributed by atoms with Crippen LogP contribution in [0.5, 0.6) is 5.75 Å². The van der Waals surface area contributed by atoms with Crippen molar-refractivity contribution in [1.82, 2.24) is 10.2 Å². The van der Waals surface area contributed by atoms with Gasteiger partial charge in [0.05, 0.1) is 22.7 Å². The molecule has 3 aromatic rings. The SMILES string of the molecule is COc1ccc(N(CC(=O)N(Cc2ccc(F)cc2)[C@H](C)C(=O)NCC(C)C)S(=O)(=O)c2ccccc2)cc1Cl. The van der Waals surface area contributed by atoms with Crippen molar-refractivity contribution < 1.29 is 27.1 Å². The van der Waals surface area contributed by atoms with Crippen molar-refractivity contribution in [3.8, 4) is 5.75 Å². The molecule has 0 unspecified atom stereocenters. The Labute approximate surface area is 239 Å². The number of benzene rings is 3. The van der Waals surface area contributed by atoms with Crippen molar-refractivity contribution in [1.29, 1.82) is 0 Å². The Balaban J connectivity index is 2.03. The summed E-state index contributed by atoms with van der Waals surface area (Å²) in [6.07, 6.45) is 0. The number of nitrogens with one attached hydrogen (secondary N) is 1. The van der Waals surface area contributed by atoms with E-state index in [1.54, 1.807) is 25.1 Å². The molecule has 0 spiro atoms. The Hall–Kier alpha value is -3.63. The number of sulfonamides is 1. The predicted octanol–water partition coefficient (Wildman–Crippen LogP) is 4.87. The van der Waals surface area contributed by atoms with Gasteiger partial charge in [-0.1, -0.05) is 55.8 Å². The molecule has 0 fully saturated rings. The minimum absolute atomic E-state index is 0.0254. The van der Waals surface area contributed by atoms with Crippen LogP contribution in [0.1, 0.15) is 26.3 Å². The predicted molar refractivity (Wildman–Crippen MR) is 153 cm³/mol. The molecule has 0 aliphatic carbocycles. The number of hydrogen-bond donors (Lipinski definition) is 1. The summed E-state index contributed by atoms with van der Waals surface area (Å²) in [5, 5.41) is 2.98. The number of amides is 2. The highest BCUT2D eigenvalue weighted by Gasteiger charge is 2.32. The second kappa shape index (κ2) is 13.6. The number of halogens is 2. The van der Waals surface area contributed by atoms with Gasteiger partial charge in [-0.2, -0.15) is 0 Å². The van der Waals surface area contributed by atoms with Crippen molar-refractivity contribution in [2.24, 2.45) is 5.92 Å². The third-order valence-electron chi connectivity index (χ3n) is 6.15. The maximum Gasteiger partial charge on any atom is 0.264 e. The Morgan fingerprint density at radius 3 is 2.23 bits per heavy atom. The Morgan fingerprint density at radius 2 is 1.65 bits per heavy atom. The molecule has 0 aliphatic rings. The minimum atomic E-state index is -4.23. The minimum Gasteiger partial charge on any atom is -0.495 e. The highest BCUT2D eigenvalue weighted by molar-refractivity contribution is 7.92. The Kier molecular flexibility index (Phi) is 10.5. The van der Waals surface area contributed by atoms with Crippen LogP contribution in [0.3, 0.4) is 0 Å². The van der Waals surface area contributed by atoms with Crippen LogP contribution in [0.15, 0.2) is 77.7 Å². The summed E-state index contributed by atoms with van der Waals surface area (Å²) < 4.78 is 47.3. The molecule has 40 heavy (non-hydrogen) atoms. The van der Waals surface area contributed by atoms with E-state index in [1.807, 2.05) is 13.8 Å². The molecule has 0 bridgehead atoms. The average Bonchev–Trinajstić information content (AvgIpc) is 2.94. The van der Waals surface area contributed by atoms with Gasteiger partial charge in [0.1, 0.15) is 24.2 Å². The molecule has 0 aliphatic heterocycles. The van der Waals surface area contributed by atoms with Gasteiger partial charge < -0.3 is 15.0 Å². The quantitative estimate of drug-likeness (QED) is 0.325. The first-order chi connectivity index (χ1) is 18.9. The van der Waals surface area contributed by atoms with Gasteiger partial charge in [0.15, 0.2) is 0 Å². The number of methoxy groups -OCH3 is 1. The number of carbonyl (C=O) groups is 2. The van der Waals surface area contributed by atoms with Gasteiger partial charge >= 0.3 is 0 Å². The van der Waals surface area contributed by atoms with E-state index in [4.69, 9.17) is 16.3 Å². The van der Waals surface area contributed by atoms with Gasteiger partial charge in [0.25, 0.3) is 10.0 Å². The Bertz CT molecular complexity index is 1420. The van der Waals surface area contributed by atoms with E-state index in [2.05, 4.69) is 5.32 Å². The first-order valence-corrected chi connectivity index (χ1v) is 14.5. The summed E-state index contributed by atoms with van der Waals surface area (Å²) in [6.45, 7) is 5.19. The lowest BCUT2D eigenvalue weighted by Gasteiger charge is -2.32. The van der Waals surface area contributed by atoms with Crippen LogP contribution in [0, 0.1) is 11.7 Å². The summed E-state index contributed by atoms with van der Waals surface area (Å²) in [5.41, 5.74) is 0.713. The fourth-order valence-corrected chi connectivity index (χ4v) is 5.56. The van der Waals surface area contributed by atoms with Gasteiger partial charge in [-0.05, 0) is 60.9 Å². The molecule has 0 aromatic heterocycles. The average molecular weight is 590 g/mol. The highest BCUT2D eigenvalue weighted by Crippen LogP contribution is 2.32. The molecule has 0 radical (unpaired) electrons. The van der Waals surface area contributed by atoms with E-state index in [1.165, 1.54) is 66.6 Å². The van der Waals surface area contributed by atoms with Crippen molar-refractivity contribution in [2.75, 3.05) is 24.5 Å². The molecular weight excluding hydrogens is 557 g/mol. The first kappa shape index (κ1) is 30.9. The van der Waals surface area contributed by atoms with Crippen molar-refractivity contribution >= 4 is 39.1 Å². The topological polar surface area (TPSA) is 96.0 Å². The summed E-state index contributed by atoms with van der Waals surface area (Å²) in [4.78, 5) is 28.1. The van der Waals surface area contributed by atoms with E-state index in [9.17, 15) is 22.4 Å².